The molecule has 8 nitrogen and oxygen atoms in total. The number of methoxy groups -OCH3 is 2. The number of nitrogens with one attached hydrogen (secondary N) is 1. The molecular weight excluding hydrogens is 442 g/mol. The second kappa shape index (κ2) is 8.71. The van der Waals surface area contributed by atoms with Crippen molar-refractivity contribution in [3.05, 3.63) is 59.8 Å². The maximum atomic E-state index is 12.9. The number of fused-ring (bicyclic) bond motifs is 3. The average molecular weight is 466 g/mol. The van der Waals surface area contributed by atoms with Crippen LogP contribution in [-0.2, 0) is 0 Å². The van der Waals surface area contributed by atoms with Crippen LogP contribution in [0.5, 0.6) is 11.5 Å². The highest BCUT2D eigenvalue weighted by molar-refractivity contribution is 6.32. The van der Waals surface area contributed by atoms with Gasteiger partial charge >= 0.3 is 6.03 Å². The minimum absolute atomic E-state index is 0.200. The lowest BCUT2D eigenvalue weighted by Crippen LogP contribution is -2.50. The number of hydrogen-bond donors (Lipinski definition) is 1. The highest BCUT2D eigenvalue weighted by atomic mass is 35.5. The molecule has 0 radical (unpaired) electrons. The van der Waals surface area contributed by atoms with Gasteiger partial charge in [0.15, 0.2) is 5.82 Å². The van der Waals surface area contributed by atoms with Crippen LogP contribution in [0.4, 0.5) is 16.3 Å². The van der Waals surface area contributed by atoms with Crippen molar-refractivity contribution in [2.24, 2.45) is 0 Å². The molecule has 2 aromatic carbocycles. The van der Waals surface area contributed by atoms with Crippen molar-refractivity contribution in [1.82, 2.24) is 14.3 Å². The number of halogens is 1. The van der Waals surface area contributed by atoms with E-state index in [4.69, 9.17) is 26.1 Å². The summed E-state index contributed by atoms with van der Waals surface area (Å²) >= 11 is 6.23. The lowest BCUT2D eigenvalue weighted by Gasteiger charge is -2.35. The highest BCUT2D eigenvalue weighted by Gasteiger charge is 2.25. The molecule has 2 aromatic heterocycles. The van der Waals surface area contributed by atoms with Crippen molar-refractivity contribution in [2.45, 2.75) is 0 Å². The lowest BCUT2D eigenvalue weighted by atomic mass is 10.2. The molecule has 0 unspecified atom stereocenters. The van der Waals surface area contributed by atoms with E-state index in [1.165, 1.54) is 14.2 Å². The maximum absolute atomic E-state index is 12.9. The Morgan fingerprint density at radius 1 is 0.970 bits per heavy atom. The Morgan fingerprint density at radius 2 is 1.70 bits per heavy atom. The summed E-state index contributed by atoms with van der Waals surface area (Å²) in [5.41, 5.74) is 3.58. The lowest BCUT2D eigenvalue weighted by molar-refractivity contribution is 0.208. The molecule has 0 aliphatic carbocycles. The van der Waals surface area contributed by atoms with Crippen LogP contribution in [0, 0.1) is 0 Å². The molecule has 1 fully saturated rings. The maximum Gasteiger partial charge on any atom is 0.322 e. The van der Waals surface area contributed by atoms with Crippen LogP contribution < -0.4 is 19.7 Å². The van der Waals surface area contributed by atoms with Gasteiger partial charge in [-0.1, -0.05) is 23.7 Å². The van der Waals surface area contributed by atoms with E-state index in [0.717, 1.165) is 22.4 Å². The van der Waals surface area contributed by atoms with Gasteiger partial charge in [0, 0.05) is 38.4 Å². The van der Waals surface area contributed by atoms with Gasteiger partial charge in [-0.05, 0) is 30.3 Å². The van der Waals surface area contributed by atoms with Crippen LogP contribution in [0.15, 0.2) is 54.7 Å². The Hall–Kier alpha value is -3.65. The second-order valence-corrected chi connectivity index (χ2v) is 8.19. The number of benzene rings is 2. The summed E-state index contributed by atoms with van der Waals surface area (Å²) in [6.45, 7) is 2.50. The van der Waals surface area contributed by atoms with Gasteiger partial charge in [-0.25, -0.2) is 9.78 Å². The number of anilines is 2. The van der Waals surface area contributed by atoms with Gasteiger partial charge < -0.3 is 29.0 Å². The van der Waals surface area contributed by atoms with Crippen LogP contribution >= 0.6 is 11.6 Å². The van der Waals surface area contributed by atoms with Gasteiger partial charge in [-0.3, -0.25) is 0 Å². The van der Waals surface area contributed by atoms with Gasteiger partial charge in [-0.2, -0.15) is 0 Å². The van der Waals surface area contributed by atoms with Crippen LogP contribution in [0.1, 0.15) is 0 Å². The zero-order valence-electron chi connectivity index (χ0n) is 18.4. The molecule has 1 saturated heterocycles. The Bertz CT molecular complexity index is 1330. The van der Waals surface area contributed by atoms with Gasteiger partial charge in [0.1, 0.15) is 11.5 Å². The number of para-hydroxylation sites is 2. The van der Waals surface area contributed by atoms with Crippen LogP contribution in [0.25, 0.3) is 16.6 Å². The molecule has 9 heteroatoms. The summed E-state index contributed by atoms with van der Waals surface area (Å²) in [7, 11) is 3.07. The first-order valence-electron chi connectivity index (χ1n) is 10.7. The molecule has 170 valence electrons. The Morgan fingerprint density at radius 3 is 2.45 bits per heavy atom. The zero-order valence-corrected chi connectivity index (χ0v) is 19.2. The van der Waals surface area contributed by atoms with Crippen LogP contribution in [-0.4, -0.2) is 60.7 Å². The summed E-state index contributed by atoms with van der Waals surface area (Å²) in [5.74, 6) is 1.90. The van der Waals surface area contributed by atoms with Crippen LogP contribution in [0.2, 0.25) is 5.02 Å². The fraction of sp³-hybridized carbons (Fsp3) is 0.250. The van der Waals surface area contributed by atoms with E-state index in [2.05, 4.69) is 32.9 Å². The summed E-state index contributed by atoms with van der Waals surface area (Å²) in [6.07, 6.45) is 2.06. The van der Waals surface area contributed by atoms with Crippen molar-refractivity contribution < 1.29 is 14.3 Å². The van der Waals surface area contributed by atoms with Gasteiger partial charge in [0.2, 0.25) is 0 Å². The number of hydrogen-bond acceptors (Lipinski definition) is 5. The summed E-state index contributed by atoms with van der Waals surface area (Å²) in [5, 5.41) is 3.31. The third kappa shape index (κ3) is 3.87. The fourth-order valence-electron chi connectivity index (χ4n) is 4.21. The summed E-state index contributed by atoms with van der Waals surface area (Å²) < 4.78 is 12.8. The predicted octanol–water partition coefficient (Wildman–Crippen LogP) is 4.51. The minimum Gasteiger partial charge on any atom is -0.495 e. The largest absolute Gasteiger partial charge is 0.495 e. The van der Waals surface area contributed by atoms with E-state index < -0.39 is 0 Å². The molecule has 2 amide bonds. The molecule has 1 aliphatic heterocycles. The SMILES string of the molecule is COc1cc(OC)c(NC(=O)N2CCN(c3nc4ccccc4n4cccc34)CC2)cc1Cl. The molecule has 1 aliphatic rings. The number of carbonyl (C=O) groups excluding carboxylic acids is 1. The van der Waals surface area contributed by atoms with Gasteiger partial charge in [-0.15, -0.1) is 0 Å². The van der Waals surface area contributed by atoms with E-state index >= 15 is 0 Å². The highest BCUT2D eigenvalue weighted by Crippen LogP contribution is 2.36. The Balaban J connectivity index is 1.32. The Labute approximate surface area is 196 Å². The normalized spacial score (nSPS) is 14.0. The summed E-state index contributed by atoms with van der Waals surface area (Å²) in [4.78, 5) is 21.9. The van der Waals surface area contributed by atoms with Crippen molar-refractivity contribution in [3.8, 4) is 11.5 Å². The molecule has 5 rings (SSSR count). The van der Waals surface area contributed by atoms with Crippen molar-refractivity contribution in [2.75, 3.05) is 50.6 Å². The number of nitrogens with zero attached hydrogens (tertiary/aromatic N) is 4. The number of aromatic nitrogens is 2. The van der Waals surface area contributed by atoms with E-state index in [0.29, 0.717) is 48.4 Å². The predicted molar refractivity (Wildman–Crippen MR) is 130 cm³/mol. The molecule has 0 spiro atoms. The van der Waals surface area contributed by atoms with Gasteiger partial charge in [0.05, 0.1) is 41.5 Å². The molecule has 4 aromatic rings. The molecule has 0 atom stereocenters. The number of ether oxygens (including phenoxy) is 2. The van der Waals surface area contributed by atoms with Gasteiger partial charge in [0.25, 0.3) is 0 Å². The van der Waals surface area contributed by atoms with Crippen molar-refractivity contribution >= 4 is 45.7 Å². The van der Waals surface area contributed by atoms with Crippen LogP contribution in [0.3, 0.4) is 0 Å². The number of carbonyl (C=O) groups is 1. The Kier molecular flexibility index (Phi) is 5.60. The first kappa shape index (κ1) is 21.2. The molecule has 0 bridgehead atoms. The van der Waals surface area contributed by atoms with E-state index in [-0.39, 0.29) is 6.03 Å². The second-order valence-electron chi connectivity index (χ2n) is 7.78. The smallest absolute Gasteiger partial charge is 0.322 e. The minimum atomic E-state index is -0.200. The molecule has 0 saturated carbocycles. The molecular formula is C24H24ClN5O3. The summed E-state index contributed by atoms with van der Waals surface area (Å²) in [6, 6.07) is 15.3. The van der Waals surface area contributed by atoms with Crippen molar-refractivity contribution in [3.63, 3.8) is 0 Å². The number of rotatable bonds is 4. The topological polar surface area (TPSA) is 71.3 Å². The third-order valence-electron chi connectivity index (χ3n) is 5.93. The molecule has 3 heterocycles. The molecule has 33 heavy (non-hydrogen) atoms. The first-order valence-corrected chi connectivity index (χ1v) is 11.0. The van der Waals surface area contributed by atoms with E-state index in [9.17, 15) is 4.79 Å². The standard InChI is InChI=1S/C24H24ClN5O3/c1-32-21-15-22(33-2)18(14-16(21)25)27-24(31)29-12-10-28(11-13-29)23-20-8-5-9-30(20)19-7-4-3-6-17(19)26-23/h3-9,14-15H,10-13H2,1-2H3,(H,27,31). The zero-order chi connectivity index (χ0) is 22.9. The first-order chi connectivity index (χ1) is 16.1. The third-order valence-corrected chi connectivity index (χ3v) is 6.22. The fourth-order valence-corrected chi connectivity index (χ4v) is 4.45. The van der Waals surface area contributed by atoms with E-state index in [1.807, 2.05) is 24.3 Å². The van der Waals surface area contributed by atoms with Crippen molar-refractivity contribution in [1.29, 1.82) is 0 Å². The monoisotopic (exact) mass is 465 g/mol. The van der Waals surface area contributed by atoms with E-state index in [1.54, 1.807) is 17.0 Å². The average Bonchev–Trinajstić information content (AvgIpc) is 3.34. The quantitative estimate of drug-likeness (QED) is 0.480. The number of piperazine rings is 1. The molecule has 1 N–H and O–H groups in total. The number of amides is 2. The number of urea groups is 1.